The Morgan fingerprint density at radius 1 is 0.936 bits per heavy atom. The van der Waals surface area contributed by atoms with Crippen LogP contribution >= 0.6 is 40.1 Å². The van der Waals surface area contributed by atoms with Crippen LogP contribution in [-0.2, 0) is 32.0 Å². The van der Waals surface area contributed by atoms with Crippen molar-refractivity contribution in [3.05, 3.63) is 37.9 Å². The minimum absolute atomic E-state index is 0.0192. The number of aliphatic hydroxyl groups excluding tert-OH is 2. The van der Waals surface area contributed by atoms with Gasteiger partial charge in [-0.3, -0.25) is 38.2 Å². The highest BCUT2D eigenvalue weighted by Gasteiger charge is 2.47. The molecule has 6 heterocycles. The summed E-state index contributed by atoms with van der Waals surface area (Å²) in [4.78, 5) is 69.0. The molecule has 6 rings (SSSR count). The van der Waals surface area contributed by atoms with Crippen LogP contribution in [0.15, 0.2) is 25.9 Å². The first-order chi connectivity index (χ1) is 22.0. The average Bonchev–Trinajstić information content (AvgIpc) is 3.52. The zero-order valence-corrected chi connectivity index (χ0v) is 26.5. The molecule has 0 aliphatic carbocycles. The Bertz CT molecular complexity index is 2140. The number of nitrogens with zero attached hydrogens (tertiary/aromatic N) is 6. The Morgan fingerprint density at radius 3 is 2.32 bits per heavy atom. The zero-order valence-electron chi connectivity index (χ0n) is 23.0. The van der Waals surface area contributed by atoms with E-state index in [1.165, 1.54) is 0 Å². The third kappa shape index (κ3) is 6.58. The number of nitrogens with two attached hydrogens (primary N) is 2. The van der Waals surface area contributed by atoms with Gasteiger partial charge in [0.1, 0.15) is 30.5 Å². The van der Waals surface area contributed by atoms with Crippen molar-refractivity contribution in [2.45, 2.75) is 42.9 Å². The number of thiocarbonyl (C=S) groups is 2. The molecular formula is C20H22N10O13P2S2. The van der Waals surface area contributed by atoms with Crippen LogP contribution in [0.3, 0.4) is 0 Å². The SMILES string of the molecule is Nc1nc2c(c(=O)[nH]1)=N[C@H]1C(=S)C(=S)[C@@H](COP(=O)(O)OP(=O)(O)OC[C@H]3O[C@@H](n4cnc5c(=O)[nH]c(N)nc54)[C@H](O)[C@@H]3O)O[C@H]1N=2. The van der Waals surface area contributed by atoms with Crippen molar-refractivity contribution in [2.24, 2.45) is 9.98 Å². The van der Waals surface area contributed by atoms with Crippen molar-refractivity contribution < 1.29 is 52.0 Å². The molecule has 9 atom stereocenters. The average molecular weight is 737 g/mol. The summed E-state index contributed by atoms with van der Waals surface area (Å²) in [7, 11) is -10.8. The largest absolute Gasteiger partial charge is 0.481 e. The van der Waals surface area contributed by atoms with Crippen LogP contribution in [0.1, 0.15) is 6.23 Å². The van der Waals surface area contributed by atoms with E-state index in [9.17, 15) is 38.7 Å². The van der Waals surface area contributed by atoms with Crippen LogP contribution in [0.5, 0.6) is 0 Å². The van der Waals surface area contributed by atoms with Crippen LogP contribution in [0.25, 0.3) is 11.2 Å². The molecule has 252 valence electrons. The van der Waals surface area contributed by atoms with E-state index in [0.717, 1.165) is 10.9 Å². The first-order valence-electron chi connectivity index (χ1n) is 13.0. The van der Waals surface area contributed by atoms with Gasteiger partial charge in [-0.2, -0.15) is 14.3 Å². The number of fused-ring (bicyclic) bond motifs is 3. The molecule has 3 aliphatic heterocycles. The number of aromatic amines is 2. The van der Waals surface area contributed by atoms with Gasteiger partial charge in [-0.05, 0) is 0 Å². The van der Waals surface area contributed by atoms with E-state index in [-0.39, 0.29) is 43.6 Å². The van der Waals surface area contributed by atoms with Crippen molar-refractivity contribution >= 4 is 72.9 Å². The van der Waals surface area contributed by atoms with E-state index in [1.54, 1.807) is 0 Å². The molecule has 27 heteroatoms. The molecule has 0 amide bonds. The highest BCUT2D eigenvalue weighted by Crippen LogP contribution is 2.60. The molecule has 0 spiro atoms. The number of aromatic nitrogens is 6. The quantitative estimate of drug-likeness (QED) is 0.0767. The van der Waals surface area contributed by atoms with Crippen molar-refractivity contribution in [3.63, 3.8) is 0 Å². The first kappa shape index (κ1) is 33.6. The molecule has 0 radical (unpaired) electrons. The number of phosphoric ester groups is 2. The summed E-state index contributed by atoms with van der Waals surface area (Å²) in [6.45, 7) is -1.76. The maximum atomic E-state index is 12.6. The number of hydrogen-bond acceptors (Lipinski definition) is 20. The second-order valence-electron chi connectivity index (χ2n) is 10.0. The number of hydrogen-bond donors (Lipinski definition) is 8. The molecule has 2 unspecified atom stereocenters. The Balaban J connectivity index is 1.07. The number of phosphoric acid groups is 2. The maximum absolute atomic E-state index is 12.6. The lowest BCUT2D eigenvalue weighted by atomic mass is 10.0. The first-order valence-corrected chi connectivity index (χ1v) is 16.8. The van der Waals surface area contributed by atoms with Gasteiger partial charge in [-0.1, -0.05) is 24.4 Å². The fourth-order valence-corrected chi connectivity index (χ4v) is 7.37. The molecule has 10 N–H and O–H groups in total. The van der Waals surface area contributed by atoms with E-state index in [0.29, 0.717) is 0 Å². The predicted molar refractivity (Wildman–Crippen MR) is 160 cm³/mol. The molecule has 3 aliphatic rings. The van der Waals surface area contributed by atoms with Gasteiger partial charge in [-0.25, -0.2) is 19.1 Å². The van der Waals surface area contributed by atoms with Crippen LogP contribution in [-0.4, -0.2) is 109 Å². The summed E-state index contributed by atoms with van der Waals surface area (Å²) < 4.78 is 51.3. The van der Waals surface area contributed by atoms with Crippen molar-refractivity contribution in [1.29, 1.82) is 0 Å². The number of aliphatic hydroxyl groups is 2. The second-order valence-corrected chi connectivity index (χ2v) is 13.9. The zero-order chi connectivity index (χ0) is 34.0. The van der Waals surface area contributed by atoms with Gasteiger partial charge in [0.05, 0.1) is 29.3 Å². The smallest absolute Gasteiger partial charge is 0.387 e. The van der Waals surface area contributed by atoms with E-state index in [1.807, 2.05) is 0 Å². The van der Waals surface area contributed by atoms with Gasteiger partial charge >= 0.3 is 15.6 Å². The van der Waals surface area contributed by atoms with Crippen molar-refractivity contribution in [3.8, 4) is 0 Å². The molecule has 3 aromatic rings. The minimum atomic E-state index is -5.40. The van der Waals surface area contributed by atoms with E-state index in [4.69, 9.17) is 54.4 Å². The normalized spacial score (nSPS) is 29.7. The van der Waals surface area contributed by atoms with E-state index in [2.05, 4.69) is 39.2 Å². The number of nitrogens with one attached hydrogen (secondary N) is 2. The van der Waals surface area contributed by atoms with Crippen LogP contribution in [0, 0.1) is 0 Å². The van der Waals surface area contributed by atoms with Gasteiger partial charge in [0.25, 0.3) is 11.1 Å². The molecule has 47 heavy (non-hydrogen) atoms. The molecule has 0 aromatic carbocycles. The lowest BCUT2D eigenvalue weighted by molar-refractivity contribution is -0.0505. The minimum Gasteiger partial charge on any atom is -0.387 e. The number of rotatable bonds is 9. The summed E-state index contributed by atoms with van der Waals surface area (Å²) in [6, 6.07) is -0.994. The van der Waals surface area contributed by atoms with Gasteiger partial charge in [0, 0.05) is 0 Å². The van der Waals surface area contributed by atoms with Crippen LogP contribution < -0.4 is 33.4 Å². The molecule has 3 aromatic heterocycles. The van der Waals surface area contributed by atoms with E-state index < -0.39 is 82.9 Å². The Kier molecular flexibility index (Phi) is 8.80. The number of ether oxygens (including phenoxy) is 2. The summed E-state index contributed by atoms with van der Waals surface area (Å²) in [5, 5.41) is 20.8. The Hall–Kier alpha value is -3.29. The second kappa shape index (κ2) is 12.3. The number of imidazole rings is 1. The monoisotopic (exact) mass is 736 g/mol. The van der Waals surface area contributed by atoms with E-state index >= 15 is 0 Å². The number of nitrogen functional groups attached to an aromatic ring is 2. The van der Waals surface area contributed by atoms with Gasteiger partial charge in [0.15, 0.2) is 34.5 Å². The maximum Gasteiger partial charge on any atom is 0.481 e. The predicted octanol–water partition coefficient (Wildman–Crippen LogP) is -3.98. The summed E-state index contributed by atoms with van der Waals surface area (Å²) in [6.07, 6.45) is -7.66. The summed E-state index contributed by atoms with van der Waals surface area (Å²) in [5.41, 5.74) is 9.39. The summed E-state index contributed by atoms with van der Waals surface area (Å²) >= 11 is 10.6. The van der Waals surface area contributed by atoms with Crippen molar-refractivity contribution in [2.75, 3.05) is 24.7 Å². The van der Waals surface area contributed by atoms with Gasteiger partial charge < -0.3 is 40.9 Å². The molecule has 2 saturated heterocycles. The lowest BCUT2D eigenvalue weighted by Gasteiger charge is -2.34. The summed E-state index contributed by atoms with van der Waals surface area (Å²) in [5.74, 6) is -0.493. The molecule has 0 bridgehead atoms. The molecular weight excluding hydrogens is 714 g/mol. The van der Waals surface area contributed by atoms with Crippen LogP contribution in [0.4, 0.5) is 11.9 Å². The Morgan fingerprint density at radius 2 is 1.60 bits per heavy atom. The highest BCUT2D eigenvalue weighted by molar-refractivity contribution is 7.89. The molecule has 0 saturated carbocycles. The highest BCUT2D eigenvalue weighted by atomic mass is 32.1. The third-order valence-electron chi connectivity index (χ3n) is 6.85. The standard InChI is InChI=1S/C20H22N10O13P2S2/c21-19-26-13-7(15(33)28-19)24-6-12(47)11(46)5(41-17(6)25-13)2-40-45(37,38)43-44(35,36)39-1-4-9(31)10(32)18(42-4)30-3-23-8-14(30)27-20(22)29-16(8)34/h3-6,9-10,17-18,31-32H,1-2H2,(H,35,36)(H,37,38)(H3,22,27,29,34)(H3,21,25,26,28,33)/t4-,5-,6+,9-,10-,17-,18-/m1/s1. The Labute approximate surface area is 269 Å². The number of anilines is 2. The van der Waals surface area contributed by atoms with Crippen LogP contribution in [0.2, 0.25) is 0 Å². The molecule has 2 fully saturated rings. The third-order valence-corrected chi connectivity index (χ3v) is 10.5. The van der Waals surface area contributed by atoms with Crippen molar-refractivity contribution in [1.82, 2.24) is 29.5 Å². The molecule has 23 nitrogen and oxygen atoms in total. The number of H-pyrrole nitrogens is 2. The van der Waals surface area contributed by atoms with Gasteiger partial charge in [0.2, 0.25) is 11.9 Å². The lowest BCUT2D eigenvalue weighted by Crippen LogP contribution is -2.57. The fraction of sp³-hybridized carbons (Fsp3) is 0.450. The topological polar surface area (TPSA) is 347 Å². The fourth-order valence-electron chi connectivity index (χ4n) is 4.75. The van der Waals surface area contributed by atoms with Gasteiger partial charge in [-0.15, -0.1) is 0 Å².